The maximum absolute atomic E-state index is 11.4. The SMILES string of the molecule is NNC(=O)c1cccc(COc2ccc(CCO)cc2)c1. The summed E-state index contributed by atoms with van der Waals surface area (Å²) in [5, 5.41) is 8.86. The van der Waals surface area contributed by atoms with E-state index in [4.69, 9.17) is 15.7 Å². The van der Waals surface area contributed by atoms with Gasteiger partial charge in [0.25, 0.3) is 5.91 Å². The number of rotatable bonds is 6. The number of hydrogen-bond acceptors (Lipinski definition) is 4. The number of aliphatic hydroxyl groups is 1. The van der Waals surface area contributed by atoms with Crippen molar-refractivity contribution in [2.24, 2.45) is 5.84 Å². The molecule has 110 valence electrons. The first-order valence-electron chi connectivity index (χ1n) is 6.65. The predicted molar refractivity (Wildman–Crippen MR) is 79.7 cm³/mol. The van der Waals surface area contributed by atoms with Crippen LogP contribution in [0.3, 0.4) is 0 Å². The summed E-state index contributed by atoms with van der Waals surface area (Å²) in [6, 6.07) is 14.7. The lowest BCUT2D eigenvalue weighted by atomic mass is 10.1. The average molecular weight is 286 g/mol. The van der Waals surface area contributed by atoms with Gasteiger partial charge in [0.2, 0.25) is 0 Å². The highest BCUT2D eigenvalue weighted by Crippen LogP contribution is 2.15. The van der Waals surface area contributed by atoms with Gasteiger partial charge in [0, 0.05) is 12.2 Å². The van der Waals surface area contributed by atoms with Crippen molar-refractivity contribution in [1.29, 1.82) is 0 Å². The van der Waals surface area contributed by atoms with Gasteiger partial charge in [-0.1, -0.05) is 24.3 Å². The highest BCUT2D eigenvalue weighted by atomic mass is 16.5. The number of hydrogen-bond donors (Lipinski definition) is 3. The van der Waals surface area contributed by atoms with Crippen LogP contribution in [0.4, 0.5) is 0 Å². The lowest BCUT2D eigenvalue weighted by molar-refractivity contribution is 0.0953. The molecule has 0 radical (unpaired) electrons. The Bertz CT molecular complexity index is 597. The molecule has 0 bridgehead atoms. The Kier molecular flexibility index (Phi) is 5.31. The number of benzene rings is 2. The first-order chi connectivity index (χ1) is 10.2. The van der Waals surface area contributed by atoms with E-state index in [-0.39, 0.29) is 12.5 Å². The molecule has 0 aromatic heterocycles. The summed E-state index contributed by atoms with van der Waals surface area (Å²) in [6.45, 7) is 0.501. The van der Waals surface area contributed by atoms with Gasteiger partial charge in [-0.05, 0) is 41.8 Å². The van der Waals surface area contributed by atoms with E-state index in [1.165, 1.54) is 0 Å². The van der Waals surface area contributed by atoms with Crippen LogP contribution < -0.4 is 16.0 Å². The summed E-state index contributed by atoms with van der Waals surface area (Å²) in [7, 11) is 0. The van der Waals surface area contributed by atoms with E-state index in [1.807, 2.05) is 30.3 Å². The lowest BCUT2D eigenvalue weighted by Gasteiger charge is -2.08. The first-order valence-corrected chi connectivity index (χ1v) is 6.65. The van der Waals surface area contributed by atoms with Crippen LogP contribution in [0.1, 0.15) is 21.5 Å². The van der Waals surface area contributed by atoms with E-state index < -0.39 is 0 Å². The van der Waals surface area contributed by atoms with Gasteiger partial charge >= 0.3 is 0 Å². The van der Waals surface area contributed by atoms with Crippen LogP contribution in [-0.4, -0.2) is 17.6 Å². The van der Waals surface area contributed by atoms with Gasteiger partial charge in [0.15, 0.2) is 0 Å². The Balaban J connectivity index is 1.97. The zero-order valence-corrected chi connectivity index (χ0v) is 11.6. The second kappa shape index (κ2) is 7.42. The van der Waals surface area contributed by atoms with Crippen molar-refractivity contribution in [3.63, 3.8) is 0 Å². The largest absolute Gasteiger partial charge is 0.489 e. The van der Waals surface area contributed by atoms with Gasteiger partial charge in [-0.2, -0.15) is 0 Å². The monoisotopic (exact) mass is 286 g/mol. The highest BCUT2D eigenvalue weighted by molar-refractivity contribution is 5.93. The van der Waals surface area contributed by atoms with E-state index in [1.54, 1.807) is 18.2 Å². The fourth-order valence-electron chi connectivity index (χ4n) is 1.93. The Morgan fingerprint density at radius 1 is 1.14 bits per heavy atom. The standard InChI is InChI=1S/C16H18N2O3/c17-18-16(20)14-3-1-2-13(10-14)11-21-15-6-4-12(5-7-15)8-9-19/h1-7,10,19H,8-9,11,17H2,(H,18,20). The van der Waals surface area contributed by atoms with Gasteiger partial charge < -0.3 is 9.84 Å². The predicted octanol–water partition coefficient (Wildman–Crippen LogP) is 1.40. The van der Waals surface area contributed by atoms with Crippen molar-refractivity contribution in [2.75, 3.05) is 6.61 Å². The quantitative estimate of drug-likeness (QED) is 0.426. The summed E-state index contributed by atoms with van der Waals surface area (Å²) >= 11 is 0. The Hall–Kier alpha value is -2.37. The molecular formula is C16H18N2O3. The zero-order valence-electron chi connectivity index (χ0n) is 11.6. The molecule has 0 saturated heterocycles. The molecule has 0 unspecified atom stereocenters. The molecule has 4 N–H and O–H groups in total. The minimum absolute atomic E-state index is 0.135. The van der Waals surface area contributed by atoms with Crippen molar-refractivity contribution in [3.05, 3.63) is 65.2 Å². The van der Waals surface area contributed by atoms with Crippen LogP contribution in [0.2, 0.25) is 0 Å². The summed E-state index contributed by atoms with van der Waals surface area (Å²) in [4.78, 5) is 11.4. The van der Waals surface area contributed by atoms with Crippen LogP contribution in [0, 0.1) is 0 Å². The maximum atomic E-state index is 11.4. The summed E-state index contributed by atoms with van der Waals surface area (Å²) in [5.74, 6) is 5.52. The molecule has 2 aromatic carbocycles. The van der Waals surface area contributed by atoms with Crippen LogP contribution in [-0.2, 0) is 13.0 Å². The number of nitrogens with two attached hydrogens (primary N) is 1. The van der Waals surface area contributed by atoms with E-state index in [0.717, 1.165) is 16.9 Å². The average Bonchev–Trinajstić information content (AvgIpc) is 2.54. The number of hydrazine groups is 1. The number of ether oxygens (including phenoxy) is 1. The third-order valence-electron chi connectivity index (χ3n) is 3.05. The van der Waals surface area contributed by atoms with Crippen LogP contribution >= 0.6 is 0 Å². The van der Waals surface area contributed by atoms with E-state index in [0.29, 0.717) is 18.6 Å². The summed E-state index contributed by atoms with van der Waals surface area (Å²) in [5.41, 5.74) is 4.54. The van der Waals surface area contributed by atoms with Gasteiger partial charge in [-0.3, -0.25) is 10.2 Å². The molecule has 0 atom stereocenters. The number of carbonyl (C=O) groups is 1. The molecule has 2 aromatic rings. The van der Waals surface area contributed by atoms with Crippen molar-refractivity contribution in [2.45, 2.75) is 13.0 Å². The fourth-order valence-corrected chi connectivity index (χ4v) is 1.93. The molecular weight excluding hydrogens is 268 g/mol. The number of carbonyl (C=O) groups excluding carboxylic acids is 1. The minimum atomic E-state index is -0.329. The first kappa shape index (κ1) is 15.0. The van der Waals surface area contributed by atoms with Crippen molar-refractivity contribution in [1.82, 2.24) is 5.43 Å². The normalized spacial score (nSPS) is 10.2. The molecule has 0 aliphatic rings. The number of aliphatic hydroxyl groups excluding tert-OH is 1. The van der Waals surface area contributed by atoms with Gasteiger partial charge in [0.1, 0.15) is 12.4 Å². The Labute approximate surface area is 123 Å². The van der Waals surface area contributed by atoms with Crippen LogP contribution in [0.15, 0.2) is 48.5 Å². The number of nitrogens with one attached hydrogen (secondary N) is 1. The highest BCUT2D eigenvalue weighted by Gasteiger charge is 2.04. The zero-order chi connectivity index (χ0) is 15.1. The molecule has 21 heavy (non-hydrogen) atoms. The fraction of sp³-hybridized carbons (Fsp3) is 0.188. The molecule has 0 aliphatic heterocycles. The Morgan fingerprint density at radius 2 is 1.90 bits per heavy atom. The van der Waals surface area contributed by atoms with Crippen LogP contribution in [0.5, 0.6) is 5.75 Å². The van der Waals surface area contributed by atoms with Gasteiger partial charge in [-0.15, -0.1) is 0 Å². The molecule has 1 amide bonds. The molecule has 0 heterocycles. The maximum Gasteiger partial charge on any atom is 0.265 e. The lowest BCUT2D eigenvalue weighted by Crippen LogP contribution is -2.30. The second-order valence-corrected chi connectivity index (χ2v) is 4.58. The molecule has 5 nitrogen and oxygen atoms in total. The molecule has 0 aliphatic carbocycles. The summed E-state index contributed by atoms with van der Waals surface area (Å²) in [6.07, 6.45) is 0.635. The van der Waals surface area contributed by atoms with Crippen molar-refractivity contribution < 1.29 is 14.6 Å². The minimum Gasteiger partial charge on any atom is -0.489 e. The van der Waals surface area contributed by atoms with Crippen molar-refractivity contribution >= 4 is 5.91 Å². The van der Waals surface area contributed by atoms with E-state index >= 15 is 0 Å². The van der Waals surface area contributed by atoms with Gasteiger partial charge in [0.05, 0.1) is 0 Å². The van der Waals surface area contributed by atoms with Gasteiger partial charge in [-0.25, -0.2) is 5.84 Å². The van der Waals surface area contributed by atoms with E-state index in [9.17, 15) is 4.79 Å². The second-order valence-electron chi connectivity index (χ2n) is 4.58. The number of nitrogen functional groups attached to an aromatic ring is 1. The molecule has 2 rings (SSSR count). The third-order valence-corrected chi connectivity index (χ3v) is 3.05. The van der Waals surface area contributed by atoms with E-state index in [2.05, 4.69) is 5.43 Å². The Morgan fingerprint density at radius 3 is 2.57 bits per heavy atom. The topological polar surface area (TPSA) is 84.6 Å². The third kappa shape index (κ3) is 4.30. The molecule has 0 saturated carbocycles. The van der Waals surface area contributed by atoms with Crippen molar-refractivity contribution in [3.8, 4) is 5.75 Å². The number of amides is 1. The smallest absolute Gasteiger partial charge is 0.265 e. The van der Waals surface area contributed by atoms with Crippen LogP contribution in [0.25, 0.3) is 0 Å². The molecule has 0 spiro atoms. The summed E-state index contributed by atoms with van der Waals surface area (Å²) < 4.78 is 5.67. The molecule has 5 heteroatoms. The molecule has 0 fully saturated rings.